The smallest absolute Gasteiger partial charge is 0.260 e. The Morgan fingerprint density at radius 2 is 1.97 bits per heavy atom. The summed E-state index contributed by atoms with van der Waals surface area (Å²) in [6.45, 7) is 2.01. The Morgan fingerprint density at radius 1 is 1.20 bits per heavy atom. The van der Waals surface area contributed by atoms with Gasteiger partial charge in [-0.25, -0.2) is 0 Å². The number of nitrogens with zero attached hydrogens (tertiary/aromatic N) is 1. The maximum Gasteiger partial charge on any atom is 0.260 e. The highest BCUT2D eigenvalue weighted by Gasteiger charge is 2.50. The van der Waals surface area contributed by atoms with Gasteiger partial charge in [0.25, 0.3) is 5.91 Å². The first-order valence-corrected chi connectivity index (χ1v) is 11.1. The number of ether oxygens (including phenoxy) is 2. The Hall–Kier alpha value is -2.67. The fourth-order valence-corrected chi connectivity index (χ4v) is 5.59. The summed E-state index contributed by atoms with van der Waals surface area (Å²) in [6, 6.07) is 13.5. The Morgan fingerprint density at radius 3 is 2.67 bits per heavy atom. The first kappa shape index (κ1) is 20.6. The fourth-order valence-electron chi connectivity index (χ4n) is 4.13. The van der Waals surface area contributed by atoms with Crippen molar-refractivity contribution in [3.05, 3.63) is 59.2 Å². The Balaban J connectivity index is 1.45. The van der Waals surface area contributed by atoms with Gasteiger partial charge in [-0.1, -0.05) is 36.4 Å². The fraction of sp³-hybridized carbons (Fsp3) is 0.391. The third kappa shape index (κ3) is 3.62. The van der Waals surface area contributed by atoms with Crippen LogP contribution in [0.15, 0.2) is 42.5 Å². The summed E-state index contributed by atoms with van der Waals surface area (Å²) in [4.78, 5) is 27.9. The summed E-state index contributed by atoms with van der Waals surface area (Å²) in [7, 11) is 3.08. The summed E-state index contributed by atoms with van der Waals surface area (Å²) in [5.74, 6) is 1.27. The molecule has 30 heavy (non-hydrogen) atoms. The number of methoxy groups -OCH3 is 2. The number of carbonyl (C=O) groups is 2. The van der Waals surface area contributed by atoms with E-state index in [2.05, 4.69) is 17.4 Å². The second kappa shape index (κ2) is 8.60. The zero-order chi connectivity index (χ0) is 21.3. The van der Waals surface area contributed by atoms with Crippen LogP contribution in [0, 0.1) is 0 Å². The summed E-state index contributed by atoms with van der Waals surface area (Å²) >= 11 is 1.61. The van der Waals surface area contributed by atoms with E-state index in [-0.39, 0.29) is 23.2 Å². The summed E-state index contributed by atoms with van der Waals surface area (Å²) in [5, 5.41) is 2.94. The number of fused-ring (bicyclic) bond motifs is 3. The van der Waals surface area contributed by atoms with E-state index in [9.17, 15) is 9.59 Å². The van der Waals surface area contributed by atoms with Gasteiger partial charge in [-0.3, -0.25) is 9.59 Å². The molecule has 3 atom stereocenters. The number of thioether (sulfide) groups is 1. The molecular weight excluding hydrogens is 400 g/mol. The van der Waals surface area contributed by atoms with Crippen molar-refractivity contribution in [3.63, 3.8) is 0 Å². The third-order valence-corrected chi connectivity index (χ3v) is 7.00. The van der Waals surface area contributed by atoms with Crippen LogP contribution >= 0.6 is 11.8 Å². The minimum Gasteiger partial charge on any atom is -0.493 e. The molecule has 2 aromatic carbocycles. The number of hydrogen-bond donors (Lipinski definition) is 1. The van der Waals surface area contributed by atoms with Crippen molar-refractivity contribution in [2.24, 2.45) is 0 Å². The number of carbonyl (C=O) groups excluding carboxylic acids is 2. The molecule has 158 valence electrons. The lowest BCUT2D eigenvalue weighted by Gasteiger charge is -2.24. The highest BCUT2D eigenvalue weighted by Crippen LogP contribution is 2.52. The minimum absolute atomic E-state index is 0.0245. The van der Waals surface area contributed by atoms with Gasteiger partial charge in [0.1, 0.15) is 11.4 Å². The van der Waals surface area contributed by atoms with Gasteiger partial charge in [-0.05, 0) is 31.4 Å². The Bertz CT molecular complexity index is 950. The van der Waals surface area contributed by atoms with Crippen LogP contribution in [0.5, 0.6) is 11.5 Å². The molecule has 2 amide bonds. The van der Waals surface area contributed by atoms with Crippen LogP contribution in [0.1, 0.15) is 40.2 Å². The highest BCUT2D eigenvalue weighted by atomic mass is 32.2. The highest BCUT2D eigenvalue weighted by molar-refractivity contribution is 7.99. The largest absolute Gasteiger partial charge is 0.493 e. The van der Waals surface area contributed by atoms with Crippen LogP contribution in [-0.4, -0.2) is 48.8 Å². The number of aryl methyl sites for hydroxylation is 1. The van der Waals surface area contributed by atoms with Crippen molar-refractivity contribution in [2.45, 2.75) is 37.2 Å². The molecule has 0 aliphatic carbocycles. The van der Waals surface area contributed by atoms with Gasteiger partial charge in [0.15, 0.2) is 11.5 Å². The van der Waals surface area contributed by atoms with E-state index in [4.69, 9.17) is 9.47 Å². The van der Waals surface area contributed by atoms with E-state index in [1.54, 1.807) is 23.8 Å². The van der Waals surface area contributed by atoms with E-state index in [1.807, 2.05) is 37.3 Å². The van der Waals surface area contributed by atoms with E-state index in [0.717, 1.165) is 18.4 Å². The predicted octanol–water partition coefficient (Wildman–Crippen LogP) is 3.41. The Kier molecular flexibility index (Phi) is 5.90. The van der Waals surface area contributed by atoms with Gasteiger partial charge in [0, 0.05) is 17.4 Å². The molecule has 2 aromatic rings. The molecule has 0 unspecified atom stereocenters. The average molecular weight is 427 g/mol. The zero-order valence-corrected chi connectivity index (χ0v) is 18.2. The lowest BCUT2D eigenvalue weighted by Crippen LogP contribution is -2.48. The molecule has 6 nitrogen and oxygen atoms in total. The first-order valence-electron chi connectivity index (χ1n) is 10.1. The molecule has 0 bridgehead atoms. The van der Waals surface area contributed by atoms with Crippen LogP contribution in [0.2, 0.25) is 0 Å². The lowest BCUT2D eigenvalue weighted by molar-refractivity contribution is -0.125. The average Bonchev–Trinajstić information content (AvgIpc) is 3.32. The van der Waals surface area contributed by atoms with E-state index < -0.39 is 6.04 Å². The van der Waals surface area contributed by atoms with Crippen molar-refractivity contribution in [3.8, 4) is 11.5 Å². The van der Waals surface area contributed by atoms with Gasteiger partial charge in [-0.15, -0.1) is 11.8 Å². The van der Waals surface area contributed by atoms with E-state index in [0.29, 0.717) is 22.8 Å². The van der Waals surface area contributed by atoms with E-state index in [1.165, 1.54) is 12.7 Å². The summed E-state index contributed by atoms with van der Waals surface area (Å²) in [6.07, 6.45) is 1.74. The molecule has 4 rings (SSSR count). The topological polar surface area (TPSA) is 67.9 Å². The molecule has 0 radical (unpaired) electrons. The minimum atomic E-state index is -0.491. The van der Waals surface area contributed by atoms with Gasteiger partial charge < -0.3 is 19.7 Å². The SMILES string of the molecule is COc1ccc2c(c1OC)C(=O)N1[C@@H](C(=O)N[C@H](C)CCc3ccccc3)CS[C@H]21. The normalized spacial score (nSPS) is 20.5. The van der Waals surface area contributed by atoms with Crippen molar-refractivity contribution < 1.29 is 19.1 Å². The van der Waals surface area contributed by atoms with Gasteiger partial charge in [-0.2, -0.15) is 0 Å². The van der Waals surface area contributed by atoms with Gasteiger partial charge >= 0.3 is 0 Å². The Labute approximate surface area is 180 Å². The summed E-state index contributed by atoms with van der Waals surface area (Å²) in [5.41, 5.74) is 2.64. The maximum absolute atomic E-state index is 13.2. The molecular formula is C23H26N2O4S. The predicted molar refractivity (Wildman–Crippen MR) is 117 cm³/mol. The molecule has 0 aromatic heterocycles. The summed E-state index contributed by atoms with van der Waals surface area (Å²) < 4.78 is 10.8. The molecule has 7 heteroatoms. The quantitative estimate of drug-likeness (QED) is 0.735. The number of benzene rings is 2. The number of nitrogens with one attached hydrogen (secondary N) is 1. The van der Waals surface area contributed by atoms with Crippen molar-refractivity contribution in [1.82, 2.24) is 10.2 Å². The van der Waals surface area contributed by atoms with Crippen molar-refractivity contribution in [1.29, 1.82) is 0 Å². The van der Waals surface area contributed by atoms with Crippen LogP contribution < -0.4 is 14.8 Å². The lowest BCUT2D eigenvalue weighted by atomic mass is 10.1. The van der Waals surface area contributed by atoms with Gasteiger partial charge in [0.2, 0.25) is 5.91 Å². The third-order valence-electron chi connectivity index (χ3n) is 5.69. The van der Waals surface area contributed by atoms with Crippen LogP contribution in [0.25, 0.3) is 0 Å². The maximum atomic E-state index is 13.2. The molecule has 1 fully saturated rings. The van der Waals surface area contributed by atoms with Crippen molar-refractivity contribution >= 4 is 23.6 Å². The second-order valence-electron chi connectivity index (χ2n) is 7.61. The number of amides is 2. The molecule has 2 aliphatic rings. The van der Waals surface area contributed by atoms with Gasteiger partial charge in [0.05, 0.1) is 19.8 Å². The molecule has 2 heterocycles. The van der Waals surface area contributed by atoms with Crippen LogP contribution in [0.4, 0.5) is 0 Å². The zero-order valence-electron chi connectivity index (χ0n) is 17.4. The molecule has 0 spiro atoms. The second-order valence-corrected chi connectivity index (χ2v) is 8.73. The van der Waals surface area contributed by atoms with Crippen LogP contribution in [-0.2, 0) is 11.2 Å². The number of hydrogen-bond acceptors (Lipinski definition) is 5. The monoisotopic (exact) mass is 426 g/mol. The molecule has 0 saturated carbocycles. The van der Waals surface area contributed by atoms with Crippen LogP contribution in [0.3, 0.4) is 0 Å². The molecule has 1 N–H and O–H groups in total. The molecule has 1 saturated heterocycles. The van der Waals surface area contributed by atoms with Crippen molar-refractivity contribution in [2.75, 3.05) is 20.0 Å². The molecule has 2 aliphatic heterocycles. The standard InChI is InChI=1S/C23H26N2O4S/c1-14(9-10-15-7-5-4-6-8-15)24-21(26)17-13-30-23-16-11-12-18(28-2)20(29-3)19(16)22(27)25(17)23/h4-8,11-12,14,17,23H,9-10,13H2,1-3H3,(H,24,26)/t14-,17-,23-/m1/s1. The first-order chi connectivity index (χ1) is 14.5. The van der Waals surface area contributed by atoms with E-state index >= 15 is 0 Å². The number of rotatable bonds is 7.